The van der Waals surface area contributed by atoms with Crippen molar-refractivity contribution in [2.45, 2.75) is 32.7 Å². The molecule has 2 N–H and O–H groups in total. The summed E-state index contributed by atoms with van der Waals surface area (Å²) in [5.41, 5.74) is 9.56. The summed E-state index contributed by atoms with van der Waals surface area (Å²) in [6, 6.07) is 5.98. The smallest absolute Gasteiger partial charge is 0.164 e. The fourth-order valence-electron chi connectivity index (χ4n) is 1.69. The summed E-state index contributed by atoms with van der Waals surface area (Å²) in [4.78, 5) is 0. The molecule has 0 aliphatic carbocycles. The van der Waals surface area contributed by atoms with Crippen molar-refractivity contribution in [3.05, 3.63) is 34.9 Å². The monoisotopic (exact) mass is 283 g/mol. The maximum absolute atomic E-state index is 6.02. The Bertz CT molecular complexity index is 432. The van der Waals surface area contributed by atoms with Gasteiger partial charge in [-0.1, -0.05) is 30.7 Å². The van der Waals surface area contributed by atoms with Gasteiger partial charge in [0.25, 0.3) is 0 Å². The maximum Gasteiger partial charge on any atom is 0.164 e. The van der Waals surface area contributed by atoms with Gasteiger partial charge in [0.2, 0.25) is 0 Å². The summed E-state index contributed by atoms with van der Waals surface area (Å²) < 4.78 is 11.2. The van der Waals surface area contributed by atoms with E-state index < -0.39 is 0 Å². The highest BCUT2D eigenvalue weighted by atomic mass is 35.5. The van der Waals surface area contributed by atoms with Crippen LogP contribution in [0.3, 0.4) is 0 Å². The Morgan fingerprint density at radius 1 is 1.47 bits per heavy atom. The fourth-order valence-corrected chi connectivity index (χ4v) is 1.75. The highest BCUT2D eigenvalue weighted by molar-refractivity contribution is 6.25. The molecule has 1 rings (SSSR count). The molecule has 0 saturated carbocycles. The largest absolute Gasteiger partial charge is 0.493 e. The van der Waals surface area contributed by atoms with Gasteiger partial charge in [-0.2, -0.15) is 0 Å². The van der Waals surface area contributed by atoms with Crippen LogP contribution in [0.15, 0.2) is 29.3 Å². The quantitative estimate of drug-likeness (QED) is 0.833. The van der Waals surface area contributed by atoms with Crippen LogP contribution in [0.4, 0.5) is 0 Å². The van der Waals surface area contributed by atoms with Crippen molar-refractivity contribution in [3.63, 3.8) is 0 Å². The van der Waals surface area contributed by atoms with Gasteiger partial charge in [0.15, 0.2) is 11.5 Å². The maximum atomic E-state index is 6.02. The number of para-hydroxylation sites is 1. The van der Waals surface area contributed by atoms with Crippen molar-refractivity contribution in [2.75, 3.05) is 13.7 Å². The van der Waals surface area contributed by atoms with E-state index in [4.69, 9.17) is 26.8 Å². The van der Waals surface area contributed by atoms with Crippen LogP contribution >= 0.6 is 11.6 Å². The summed E-state index contributed by atoms with van der Waals surface area (Å²) in [6.07, 6.45) is 1.70. The minimum atomic E-state index is 0.124. The van der Waals surface area contributed by atoms with Crippen LogP contribution in [0.2, 0.25) is 0 Å². The molecule has 0 saturated heterocycles. The molecule has 0 spiro atoms. The number of hydrogen-bond donors (Lipinski definition) is 1. The Hall–Kier alpha value is -1.19. The Morgan fingerprint density at radius 3 is 2.79 bits per heavy atom. The minimum absolute atomic E-state index is 0.124. The number of nitrogens with two attached hydrogens (primary N) is 1. The average molecular weight is 284 g/mol. The molecule has 1 aromatic carbocycles. The Kier molecular flexibility index (Phi) is 6.74. The Labute approximate surface area is 120 Å². The Morgan fingerprint density at radius 2 is 2.21 bits per heavy atom. The first-order valence-corrected chi connectivity index (χ1v) is 6.86. The minimum Gasteiger partial charge on any atom is -0.493 e. The lowest BCUT2D eigenvalue weighted by Crippen LogP contribution is -2.22. The standard InChI is InChI=1S/C15H22ClNO2/c1-4-13(17)8-12-6-5-7-14(18-3)15(12)19-10-11(2)9-16/h5-7,9,13H,4,8,10,17H2,1-3H3/b11-9+. The first kappa shape index (κ1) is 15.9. The van der Waals surface area contributed by atoms with Gasteiger partial charge in [-0.05, 0) is 37.0 Å². The van der Waals surface area contributed by atoms with Gasteiger partial charge >= 0.3 is 0 Å². The lowest BCUT2D eigenvalue weighted by molar-refractivity contribution is 0.315. The second kappa shape index (κ2) is 8.08. The van der Waals surface area contributed by atoms with E-state index in [-0.39, 0.29) is 6.04 Å². The molecule has 0 aliphatic heterocycles. The molecule has 0 aliphatic rings. The average Bonchev–Trinajstić information content (AvgIpc) is 2.44. The van der Waals surface area contributed by atoms with Gasteiger partial charge in [0.1, 0.15) is 6.61 Å². The van der Waals surface area contributed by atoms with Gasteiger partial charge < -0.3 is 15.2 Å². The van der Waals surface area contributed by atoms with Crippen molar-refractivity contribution in [2.24, 2.45) is 5.73 Å². The number of rotatable bonds is 7. The lowest BCUT2D eigenvalue weighted by atomic mass is 10.0. The van der Waals surface area contributed by atoms with Gasteiger partial charge in [0.05, 0.1) is 7.11 Å². The zero-order chi connectivity index (χ0) is 14.3. The predicted molar refractivity (Wildman–Crippen MR) is 80.1 cm³/mol. The molecular formula is C15H22ClNO2. The van der Waals surface area contributed by atoms with Gasteiger partial charge in [0, 0.05) is 11.6 Å². The van der Waals surface area contributed by atoms with Crippen LogP contribution in [0.1, 0.15) is 25.8 Å². The molecular weight excluding hydrogens is 262 g/mol. The highest BCUT2D eigenvalue weighted by Gasteiger charge is 2.13. The third-order valence-corrected chi connectivity index (χ3v) is 3.29. The number of methoxy groups -OCH3 is 1. The number of benzene rings is 1. The molecule has 19 heavy (non-hydrogen) atoms. The van der Waals surface area contributed by atoms with Crippen molar-refractivity contribution in [3.8, 4) is 11.5 Å². The second-order valence-electron chi connectivity index (χ2n) is 4.57. The topological polar surface area (TPSA) is 44.5 Å². The summed E-state index contributed by atoms with van der Waals surface area (Å²) in [6.45, 7) is 4.43. The van der Waals surface area contributed by atoms with Crippen LogP contribution in [-0.4, -0.2) is 19.8 Å². The van der Waals surface area contributed by atoms with Crippen LogP contribution in [0.25, 0.3) is 0 Å². The van der Waals surface area contributed by atoms with Crippen molar-refractivity contribution < 1.29 is 9.47 Å². The van der Waals surface area contributed by atoms with E-state index in [0.29, 0.717) is 6.61 Å². The molecule has 1 unspecified atom stereocenters. The number of ether oxygens (including phenoxy) is 2. The summed E-state index contributed by atoms with van der Waals surface area (Å²) in [5, 5.41) is 0. The molecule has 0 radical (unpaired) electrons. The van der Waals surface area contributed by atoms with Crippen LogP contribution < -0.4 is 15.2 Å². The summed E-state index contributed by atoms with van der Waals surface area (Å²) in [7, 11) is 1.63. The molecule has 0 heterocycles. The molecule has 106 valence electrons. The zero-order valence-electron chi connectivity index (χ0n) is 11.8. The number of halogens is 1. The van der Waals surface area contributed by atoms with E-state index >= 15 is 0 Å². The third kappa shape index (κ3) is 4.77. The SMILES string of the molecule is CCC(N)Cc1cccc(OC)c1OC/C(C)=C/Cl. The normalized spacial score (nSPS) is 13.2. The van der Waals surface area contributed by atoms with Gasteiger partial charge in [-0.25, -0.2) is 0 Å². The third-order valence-electron chi connectivity index (χ3n) is 2.92. The van der Waals surface area contributed by atoms with E-state index in [1.54, 1.807) is 7.11 Å². The highest BCUT2D eigenvalue weighted by Crippen LogP contribution is 2.32. The van der Waals surface area contributed by atoms with E-state index in [0.717, 1.165) is 35.5 Å². The van der Waals surface area contributed by atoms with Crippen molar-refractivity contribution >= 4 is 11.6 Å². The first-order chi connectivity index (χ1) is 9.12. The summed E-state index contributed by atoms with van der Waals surface area (Å²) >= 11 is 5.65. The van der Waals surface area contributed by atoms with E-state index in [9.17, 15) is 0 Å². The van der Waals surface area contributed by atoms with Crippen LogP contribution in [0, 0.1) is 0 Å². The first-order valence-electron chi connectivity index (χ1n) is 6.42. The van der Waals surface area contributed by atoms with Crippen LogP contribution in [0.5, 0.6) is 11.5 Å². The van der Waals surface area contributed by atoms with Crippen molar-refractivity contribution in [1.82, 2.24) is 0 Å². The van der Waals surface area contributed by atoms with Crippen molar-refractivity contribution in [1.29, 1.82) is 0 Å². The predicted octanol–water partition coefficient (Wildman–Crippen LogP) is 3.50. The van der Waals surface area contributed by atoms with E-state index in [1.807, 2.05) is 25.1 Å². The summed E-state index contributed by atoms with van der Waals surface area (Å²) in [5.74, 6) is 1.48. The Balaban J connectivity index is 2.95. The molecule has 0 fully saturated rings. The fraction of sp³-hybridized carbons (Fsp3) is 0.467. The van der Waals surface area contributed by atoms with Crippen LogP contribution in [-0.2, 0) is 6.42 Å². The zero-order valence-corrected chi connectivity index (χ0v) is 12.5. The van der Waals surface area contributed by atoms with E-state index in [2.05, 4.69) is 6.92 Å². The lowest BCUT2D eigenvalue weighted by Gasteiger charge is -2.17. The molecule has 0 aromatic heterocycles. The molecule has 1 aromatic rings. The molecule has 0 bridgehead atoms. The van der Waals surface area contributed by atoms with Gasteiger partial charge in [-0.15, -0.1) is 0 Å². The second-order valence-corrected chi connectivity index (χ2v) is 4.78. The van der Waals surface area contributed by atoms with Gasteiger partial charge in [-0.3, -0.25) is 0 Å². The van der Waals surface area contributed by atoms with E-state index in [1.165, 1.54) is 5.54 Å². The number of hydrogen-bond acceptors (Lipinski definition) is 3. The molecule has 1 atom stereocenters. The molecule has 3 nitrogen and oxygen atoms in total. The molecule has 4 heteroatoms. The molecule has 0 amide bonds.